The van der Waals surface area contributed by atoms with Crippen LogP contribution in [-0.2, 0) is 9.47 Å². The number of hydrogen-bond acceptors (Lipinski definition) is 7. The van der Waals surface area contributed by atoms with Crippen molar-refractivity contribution in [2.24, 2.45) is 0 Å². The Kier molecular flexibility index (Phi) is 4.38. The number of hydrogen-bond donors (Lipinski definition) is 2. The minimum Gasteiger partial charge on any atom is -0.465 e. The van der Waals surface area contributed by atoms with E-state index in [4.69, 9.17) is 10.5 Å². The van der Waals surface area contributed by atoms with Gasteiger partial charge in [-0.2, -0.15) is 4.37 Å². The van der Waals surface area contributed by atoms with Crippen molar-refractivity contribution in [3.8, 4) is 0 Å². The third kappa shape index (κ3) is 2.91. The summed E-state index contributed by atoms with van der Waals surface area (Å²) in [5.41, 5.74) is 5.97. The number of nitrogens with two attached hydrogens (primary N) is 1. The van der Waals surface area contributed by atoms with Gasteiger partial charge in [0.25, 0.3) is 0 Å². The molecule has 1 aromatic rings. The minimum absolute atomic E-state index is 0.188. The molecule has 0 bridgehead atoms. The molecule has 0 aliphatic carbocycles. The van der Waals surface area contributed by atoms with Crippen molar-refractivity contribution in [1.82, 2.24) is 4.37 Å². The summed E-state index contributed by atoms with van der Waals surface area (Å²) in [7, 11) is 1.33. The van der Waals surface area contributed by atoms with Crippen LogP contribution in [0.15, 0.2) is 0 Å². The SMILES string of the molecule is COC(=O)c1c(N)nsc1NCC1CCCCO1. The van der Waals surface area contributed by atoms with Gasteiger partial charge in [0.1, 0.15) is 10.6 Å². The maximum atomic E-state index is 11.6. The summed E-state index contributed by atoms with van der Waals surface area (Å²) >= 11 is 1.17. The molecule has 100 valence electrons. The molecule has 18 heavy (non-hydrogen) atoms. The topological polar surface area (TPSA) is 86.5 Å². The van der Waals surface area contributed by atoms with E-state index >= 15 is 0 Å². The van der Waals surface area contributed by atoms with Gasteiger partial charge in [-0.3, -0.25) is 0 Å². The van der Waals surface area contributed by atoms with Crippen LogP contribution in [0.2, 0.25) is 0 Å². The second-order valence-corrected chi connectivity index (χ2v) is 4.91. The molecule has 1 fully saturated rings. The molecule has 0 spiro atoms. The largest absolute Gasteiger partial charge is 0.465 e. The Morgan fingerprint density at radius 1 is 1.67 bits per heavy atom. The zero-order valence-electron chi connectivity index (χ0n) is 10.3. The van der Waals surface area contributed by atoms with E-state index in [0.29, 0.717) is 17.1 Å². The van der Waals surface area contributed by atoms with Crippen LogP contribution in [0.4, 0.5) is 10.8 Å². The first-order valence-corrected chi connectivity index (χ1v) is 6.68. The summed E-state index contributed by atoms with van der Waals surface area (Å²) in [6, 6.07) is 0. The predicted octanol–water partition coefficient (Wildman–Crippen LogP) is 1.49. The third-order valence-electron chi connectivity index (χ3n) is 2.87. The van der Waals surface area contributed by atoms with Gasteiger partial charge in [-0.15, -0.1) is 0 Å². The third-order valence-corrected chi connectivity index (χ3v) is 3.69. The highest BCUT2D eigenvalue weighted by atomic mass is 32.1. The number of carbonyl (C=O) groups is 1. The smallest absolute Gasteiger partial charge is 0.344 e. The first-order chi connectivity index (χ1) is 8.72. The van der Waals surface area contributed by atoms with Gasteiger partial charge in [0, 0.05) is 13.2 Å². The number of ether oxygens (including phenoxy) is 2. The summed E-state index contributed by atoms with van der Waals surface area (Å²) in [5.74, 6) is -0.257. The zero-order valence-corrected chi connectivity index (χ0v) is 11.1. The predicted molar refractivity (Wildman–Crippen MR) is 69.9 cm³/mol. The van der Waals surface area contributed by atoms with Gasteiger partial charge in [0.05, 0.1) is 13.2 Å². The normalized spacial score (nSPS) is 19.5. The Hall–Kier alpha value is -1.34. The van der Waals surface area contributed by atoms with Crippen LogP contribution in [0.3, 0.4) is 0 Å². The maximum Gasteiger partial charge on any atom is 0.344 e. The molecule has 0 saturated carbocycles. The zero-order chi connectivity index (χ0) is 13.0. The van der Waals surface area contributed by atoms with E-state index in [1.165, 1.54) is 25.1 Å². The molecule has 2 heterocycles. The second-order valence-electron chi connectivity index (χ2n) is 4.13. The first kappa shape index (κ1) is 13.1. The summed E-state index contributed by atoms with van der Waals surface area (Å²) in [5, 5.41) is 3.82. The van der Waals surface area contributed by atoms with Gasteiger partial charge >= 0.3 is 5.97 Å². The molecule has 7 heteroatoms. The number of nitrogens with one attached hydrogen (secondary N) is 1. The van der Waals surface area contributed by atoms with Gasteiger partial charge in [-0.05, 0) is 30.8 Å². The molecule has 2 rings (SSSR count). The monoisotopic (exact) mass is 271 g/mol. The van der Waals surface area contributed by atoms with E-state index in [1.54, 1.807) is 0 Å². The van der Waals surface area contributed by atoms with Crippen molar-refractivity contribution in [1.29, 1.82) is 0 Å². The quantitative estimate of drug-likeness (QED) is 0.807. The molecule has 1 aliphatic rings. The maximum absolute atomic E-state index is 11.6. The number of nitrogen functional groups attached to an aromatic ring is 1. The van der Waals surface area contributed by atoms with Crippen molar-refractivity contribution in [3.63, 3.8) is 0 Å². The van der Waals surface area contributed by atoms with E-state index in [1.807, 2.05) is 0 Å². The number of rotatable bonds is 4. The van der Waals surface area contributed by atoms with Crippen LogP contribution in [0.1, 0.15) is 29.6 Å². The van der Waals surface area contributed by atoms with E-state index in [9.17, 15) is 4.79 Å². The number of esters is 1. The van der Waals surface area contributed by atoms with Crippen molar-refractivity contribution in [2.75, 3.05) is 31.3 Å². The standard InChI is InChI=1S/C11H17N3O3S/c1-16-11(15)8-9(12)14-18-10(8)13-6-7-4-2-3-5-17-7/h7,13H,2-6H2,1H3,(H2,12,14). The van der Waals surface area contributed by atoms with Crippen molar-refractivity contribution < 1.29 is 14.3 Å². The molecule has 0 aromatic carbocycles. The summed E-state index contributed by atoms with van der Waals surface area (Å²) < 4.78 is 14.3. The lowest BCUT2D eigenvalue weighted by molar-refractivity contribution is 0.0247. The lowest BCUT2D eigenvalue weighted by Crippen LogP contribution is -2.27. The van der Waals surface area contributed by atoms with Crippen LogP contribution in [0, 0.1) is 0 Å². The number of methoxy groups -OCH3 is 1. The molecule has 0 radical (unpaired) electrons. The van der Waals surface area contributed by atoms with Gasteiger partial charge < -0.3 is 20.5 Å². The Labute approximate surface area is 110 Å². The molecular weight excluding hydrogens is 254 g/mol. The van der Waals surface area contributed by atoms with E-state index in [0.717, 1.165) is 19.4 Å². The molecule has 1 saturated heterocycles. The molecule has 1 atom stereocenters. The summed E-state index contributed by atoms with van der Waals surface area (Å²) in [6.45, 7) is 1.46. The average molecular weight is 271 g/mol. The fourth-order valence-corrected chi connectivity index (χ4v) is 2.61. The van der Waals surface area contributed by atoms with Crippen LogP contribution >= 0.6 is 11.5 Å². The lowest BCUT2D eigenvalue weighted by Gasteiger charge is -2.22. The van der Waals surface area contributed by atoms with Crippen LogP contribution < -0.4 is 11.1 Å². The van der Waals surface area contributed by atoms with Crippen molar-refractivity contribution in [2.45, 2.75) is 25.4 Å². The molecular formula is C11H17N3O3S. The number of carbonyl (C=O) groups excluding carboxylic acids is 1. The average Bonchev–Trinajstić information content (AvgIpc) is 2.78. The fraction of sp³-hybridized carbons (Fsp3) is 0.636. The van der Waals surface area contributed by atoms with Gasteiger partial charge in [-0.25, -0.2) is 4.79 Å². The Morgan fingerprint density at radius 2 is 2.50 bits per heavy atom. The highest BCUT2D eigenvalue weighted by Gasteiger charge is 2.21. The lowest BCUT2D eigenvalue weighted by atomic mass is 10.1. The number of aromatic nitrogens is 1. The second kappa shape index (κ2) is 6.01. The van der Waals surface area contributed by atoms with E-state index in [-0.39, 0.29) is 11.9 Å². The number of anilines is 2. The fourth-order valence-electron chi connectivity index (χ4n) is 1.90. The first-order valence-electron chi connectivity index (χ1n) is 5.91. The van der Waals surface area contributed by atoms with Crippen molar-refractivity contribution in [3.05, 3.63) is 5.56 Å². The van der Waals surface area contributed by atoms with E-state index in [2.05, 4.69) is 14.4 Å². The molecule has 3 N–H and O–H groups in total. The molecule has 1 aromatic heterocycles. The van der Waals surface area contributed by atoms with Gasteiger partial charge in [0.2, 0.25) is 0 Å². The molecule has 0 amide bonds. The summed E-state index contributed by atoms with van der Waals surface area (Å²) in [6.07, 6.45) is 3.53. The number of nitrogens with zero attached hydrogens (tertiary/aromatic N) is 1. The Bertz CT molecular complexity index is 416. The Morgan fingerprint density at radius 3 is 3.17 bits per heavy atom. The molecule has 6 nitrogen and oxygen atoms in total. The van der Waals surface area contributed by atoms with Gasteiger partial charge in [0.15, 0.2) is 5.82 Å². The van der Waals surface area contributed by atoms with Crippen molar-refractivity contribution >= 4 is 28.3 Å². The van der Waals surface area contributed by atoms with Crippen LogP contribution in [-0.4, -0.2) is 36.7 Å². The highest BCUT2D eigenvalue weighted by Crippen LogP contribution is 2.27. The molecule has 1 unspecified atom stereocenters. The summed E-state index contributed by atoms with van der Waals surface area (Å²) in [4.78, 5) is 11.6. The Balaban J connectivity index is 1.98. The highest BCUT2D eigenvalue weighted by molar-refractivity contribution is 7.11. The minimum atomic E-state index is -0.465. The van der Waals surface area contributed by atoms with Crippen LogP contribution in [0.5, 0.6) is 0 Å². The molecule has 1 aliphatic heterocycles. The van der Waals surface area contributed by atoms with Gasteiger partial charge in [-0.1, -0.05) is 0 Å². The van der Waals surface area contributed by atoms with Crippen LogP contribution in [0.25, 0.3) is 0 Å². The van der Waals surface area contributed by atoms with E-state index < -0.39 is 5.97 Å².